The molecule has 0 bridgehead atoms. The molecule has 20 heavy (non-hydrogen) atoms. The largest absolute Gasteiger partial charge is 0.399 e. The number of hydrogen-bond acceptors (Lipinski definition) is 1. The predicted octanol–water partition coefficient (Wildman–Crippen LogP) is 4.11. The lowest BCUT2D eigenvalue weighted by Gasteiger charge is -2.10. The van der Waals surface area contributed by atoms with Crippen LogP contribution in [0.5, 0.6) is 0 Å². The number of benzene rings is 1. The summed E-state index contributed by atoms with van der Waals surface area (Å²) < 4.78 is 2.17. The van der Waals surface area contributed by atoms with Crippen LogP contribution in [0.25, 0.3) is 11.1 Å². The Kier molecular flexibility index (Phi) is 2.82. The van der Waals surface area contributed by atoms with Gasteiger partial charge in [0.15, 0.2) is 0 Å². The van der Waals surface area contributed by atoms with Gasteiger partial charge in [-0.15, -0.1) is 0 Å². The zero-order valence-corrected chi connectivity index (χ0v) is 12.2. The molecule has 0 fully saturated rings. The van der Waals surface area contributed by atoms with Crippen molar-refractivity contribution in [3.63, 3.8) is 0 Å². The quantitative estimate of drug-likeness (QED) is 0.813. The molecule has 0 unspecified atom stereocenters. The van der Waals surface area contributed by atoms with E-state index in [1.807, 2.05) is 12.1 Å². The average Bonchev–Trinajstić information content (AvgIpc) is 2.93. The van der Waals surface area contributed by atoms with Gasteiger partial charge in [-0.05, 0) is 35.4 Å². The summed E-state index contributed by atoms with van der Waals surface area (Å²) in [7, 11) is 2.09. The Labute approximate surface area is 120 Å². The summed E-state index contributed by atoms with van der Waals surface area (Å²) in [5.74, 6) is 0. The van der Waals surface area contributed by atoms with Crippen LogP contribution < -0.4 is 5.73 Å². The van der Waals surface area contributed by atoms with Crippen LogP contribution in [-0.2, 0) is 7.05 Å². The van der Waals surface area contributed by atoms with Crippen molar-refractivity contribution in [3.05, 3.63) is 66.0 Å². The molecule has 2 aromatic rings. The Morgan fingerprint density at radius 3 is 2.20 bits per heavy atom. The second-order valence-corrected chi connectivity index (χ2v) is 6.06. The van der Waals surface area contributed by atoms with Crippen molar-refractivity contribution < 1.29 is 0 Å². The van der Waals surface area contributed by atoms with Crippen LogP contribution in [0.15, 0.2) is 54.7 Å². The highest BCUT2D eigenvalue weighted by Gasteiger charge is 2.26. The Bertz CT molecular complexity index is 697. The number of nitrogens with zero attached hydrogens (tertiary/aromatic N) is 1. The van der Waals surface area contributed by atoms with E-state index in [4.69, 9.17) is 5.73 Å². The van der Waals surface area contributed by atoms with E-state index in [1.165, 1.54) is 22.4 Å². The molecule has 3 rings (SSSR count). The molecule has 0 atom stereocenters. The summed E-state index contributed by atoms with van der Waals surface area (Å²) in [6, 6.07) is 12.4. The molecule has 0 amide bonds. The van der Waals surface area contributed by atoms with Gasteiger partial charge in [0.1, 0.15) is 0 Å². The highest BCUT2D eigenvalue weighted by Crippen LogP contribution is 2.43. The summed E-state index contributed by atoms with van der Waals surface area (Å²) in [5, 5.41) is 0. The van der Waals surface area contributed by atoms with Gasteiger partial charge >= 0.3 is 0 Å². The van der Waals surface area contributed by atoms with Crippen molar-refractivity contribution in [2.45, 2.75) is 13.8 Å². The number of allylic oxidation sites excluding steroid dienone is 4. The van der Waals surface area contributed by atoms with Crippen molar-refractivity contribution in [2.75, 3.05) is 5.73 Å². The fraction of sp³-hybridized carbons (Fsp3) is 0.222. The highest BCUT2D eigenvalue weighted by molar-refractivity contribution is 6.07. The summed E-state index contributed by atoms with van der Waals surface area (Å²) in [4.78, 5) is 0. The zero-order valence-electron chi connectivity index (χ0n) is 12.2. The van der Waals surface area contributed by atoms with E-state index in [0.29, 0.717) is 0 Å². The van der Waals surface area contributed by atoms with E-state index in [9.17, 15) is 0 Å². The summed E-state index contributed by atoms with van der Waals surface area (Å²) in [6.07, 6.45) is 6.76. The lowest BCUT2D eigenvalue weighted by Crippen LogP contribution is -1.98. The standard InChI is InChI=1S/C18H20N2/c1-18(2)11-15(13-6-8-14(19)9-7-13)16(12-18)17-5-4-10-20(17)3/h4-12H,19H2,1-3H3. The second kappa shape index (κ2) is 4.41. The third-order valence-corrected chi connectivity index (χ3v) is 3.76. The lowest BCUT2D eigenvalue weighted by molar-refractivity contribution is 0.637. The molecule has 0 spiro atoms. The van der Waals surface area contributed by atoms with E-state index in [-0.39, 0.29) is 5.41 Å². The molecule has 1 heterocycles. The Balaban J connectivity index is 2.12. The summed E-state index contributed by atoms with van der Waals surface area (Å²) in [6.45, 7) is 4.47. The van der Waals surface area contributed by atoms with E-state index in [0.717, 1.165) is 5.69 Å². The first-order valence-corrected chi connectivity index (χ1v) is 6.90. The van der Waals surface area contributed by atoms with Gasteiger partial charge in [0, 0.05) is 35.6 Å². The minimum Gasteiger partial charge on any atom is -0.399 e. The van der Waals surface area contributed by atoms with E-state index >= 15 is 0 Å². The number of aryl methyl sites for hydroxylation is 1. The molecule has 2 heteroatoms. The first kappa shape index (κ1) is 12.8. The second-order valence-electron chi connectivity index (χ2n) is 6.06. The Morgan fingerprint density at radius 2 is 1.60 bits per heavy atom. The van der Waals surface area contributed by atoms with Gasteiger partial charge in [0.05, 0.1) is 0 Å². The topological polar surface area (TPSA) is 30.9 Å². The fourth-order valence-electron chi connectivity index (χ4n) is 2.80. The maximum Gasteiger partial charge on any atom is 0.0480 e. The van der Waals surface area contributed by atoms with Gasteiger partial charge in [0.2, 0.25) is 0 Å². The Morgan fingerprint density at radius 1 is 0.950 bits per heavy atom. The first-order chi connectivity index (χ1) is 9.46. The van der Waals surface area contributed by atoms with Gasteiger partial charge in [-0.2, -0.15) is 0 Å². The normalized spacial score (nSPS) is 16.9. The third-order valence-electron chi connectivity index (χ3n) is 3.76. The molecule has 1 aromatic heterocycles. The number of aromatic nitrogens is 1. The first-order valence-electron chi connectivity index (χ1n) is 6.90. The van der Waals surface area contributed by atoms with Crippen molar-refractivity contribution in [1.29, 1.82) is 0 Å². The molecular formula is C18H20N2. The molecule has 1 aliphatic rings. The van der Waals surface area contributed by atoms with Crippen molar-refractivity contribution in [3.8, 4) is 0 Å². The summed E-state index contributed by atoms with van der Waals surface area (Å²) >= 11 is 0. The number of rotatable bonds is 2. The zero-order chi connectivity index (χ0) is 14.3. The third kappa shape index (κ3) is 2.18. The minimum absolute atomic E-state index is 0.0797. The molecule has 0 aliphatic heterocycles. The smallest absolute Gasteiger partial charge is 0.0480 e. The maximum atomic E-state index is 5.79. The predicted molar refractivity (Wildman–Crippen MR) is 86.0 cm³/mol. The van der Waals surface area contributed by atoms with Crippen LogP contribution in [0, 0.1) is 5.41 Å². The minimum atomic E-state index is 0.0797. The van der Waals surface area contributed by atoms with Crippen molar-refractivity contribution >= 4 is 16.8 Å². The number of hydrogen-bond donors (Lipinski definition) is 1. The highest BCUT2D eigenvalue weighted by atomic mass is 14.9. The average molecular weight is 264 g/mol. The van der Waals surface area contributed by atoms with Crippen LogP contribution in [-0.4, -0.2) is 4.57 Å². The molecule has 2 nitrogen and oxygen atoms in total. The lowest BCUT2D eigenvalue weighted by atomic mass is 9.95. The molecule has 102 valence electrons. The van der Waals surface area contributed by atoms with Gasteiger partial charge in [-0.1, -0.05) is 38.1 Å². The van der Waals surface area contributed by atoms with Crippen LogP contribution in [0.2, 0.25) is 0 Å². The van der Waals surface area contributed by atoms with Gasteiger partial charge in [-0.25, -0.2) is 0 Å². The SMILES string of the molecule is Cn1cccc1C1=CC(C)(C)C=C1c1ccc(N)cc1. The van der Waals surface area contributed by atoms with E-state index in [1.54, 1.807) is 0 Å². The van der Waals surface area contributed by atoms with Gasteiger partial charge < -0.3 is 10.3 Å². The molecular weight excluding hydrogens is 244 g/mol. The fourth-order valence-corrected chi connectivity index (χ4v) is 2.80. The molecule has 0 radical (unpaired) electrons. The van der Waals surface area contributed by atoms with Crippen LogP contribution in [0.4, 0.5) is 5.69 Å². The van der Waals surface area contributed by atoms with Crippen LogP contribution in [0.1, 0.15) is 25.1 Å². The Hall–Kier alpha value is -2.22. The number of nitrogens with two attached hydrogens (primary N) is 1. The molecule has 0 saturated carbocycles. The van der Waals surface area contributed by atoms with E-state index < -0.39 is 0 Å². The summed E-state index contributed by atoms with van der Waals surface area (Å²) in [5.41, 5.74) is 11.7. The number of nitrogen functional groups attached to an aromatic ring is 1. The molecule has 1 aliphatic carbocycles. The van der Waals surface area contributed by atoms with Crippen LogP contribution >= 0.6 is 0 Å². The van der Waals surface area contributed by atoms with Crippen molar-refractivity contribution in [2.24, 2.45) is 12.5 Å². The van der Waals surface area contributed by atoms with Gasteiger partial charge in [-0.3, -0.25) is 0 Å². The monoisotopic (exact) mass is 264 g/mol. The molecule has 1 aromatic carbocycles. The van der Waals surface area contributed by atoms with Crippen LogP contribution in [0.3, 0.4) is 0 Å². The van der Waals surface area contributed by atoms with Gasteiger partial charge in [0.25, 0.3) is 0 Å². The number of anilines is 1. The maximum absolute atomic E-state index is 5.79. The van der Waals surface area contributed by atoms with E-state index in [2.05, 4.69) is 68.1 Å². The molecule has 2 N–H and O–H groups in total. The molecule has 0 saturated heterocycles. The van der Waals surface area contributed by atoms with Crippen molar-refractivity contribution in [1.82, 2.24) is 4.57 Å².